The maximum atomic E-state index is 11.9. The van der Waals surface area contributed by atoms with Gasteiger partial charge in [0.05, 0.1) is 19.4 Å². The van der Waals surface area contributed by atoms with E-state index in [0.717, 1.165) is 11.1 Å². The lowest BCUT2D eigenvalue weighted by atomic mass is 10.2. The summed E-state index contributed by atoms with van der Waals surface area (Å²) in [7, 11) is -1.26. The van der Waals surface area contributed by atoms with Crippen molar-refractivity contribution in [3.8, 4) is 0 Å². The second-order valence-electron chi connectivity index (χ2n) is 4.56. The van der Waals surface area contributed by atoms with Gasteiger partial charge in [-0.3, -0.25) is 9.00 Å². The normalized spacial score (nSPS) is 12.0. The van der Waals surface area contributed by atoms with Gasteiger partial charge in [-0.25, -0.2) is 0 Å². The Morgan fingerprint density at radius 1 is 1.19 bits per heavy atom. The van der Waals surface area contributed by atoms with Crippen LogP contribution in [0.5, 0.6) is 0 Å². The van der Waals surface area contributed by atoms with E-state index < -0.39 is 10.8 Å². The van der Waals surface area contributed by atoms with Crippen molar-refractivity contribution >= 4 is 16.7 Å². The van der Waals surface area contributed by atoms with Crippen molar-refractivity contribution in [2.75, 3.05) is 5.75 Å². The molecule has 0 bridgehead atoms. The number of hydrogen-bond donors (Lipinski definition) is 2. The highest BCUT2D eigenvalue weighted by Gasteiger charge is 2.09. The van der Waals surface area contributed by atoms with Gasteiger partial charge in [0.15, 0.2) is 0 Å². The molecule has 2 aromatic rings. The molecule has 1 unspecified atom stereocenters. The number of aliphatic hydroxyl groups is 1. The Morgan fingerprint density at radius 2 is 1.90 bits per heavy atom. The van der Waals surface area contributed by atoms with Crippen molar-refractivity contribution in [3.05, 3.63) is 59.5 Å². The predicted octanol–water partition coefficient (Wildman–Crippen LogP) is 1.34. The topological polar surface area (TPSA) is 79.5 Å². The van der Waals surface area contributed by atoms with Gasteiger partial charge in [-0.2, -0.15) is 0 Å². The zero-order chi connectivity index (χ0) is 15.1. The van der Waals surface area contributed by atoms with Gasteiger partial charge < -0.3 is 14.8 Å². The average molecular weight is 307 g/mol. The fourth-order valence-electron chi connectivity index (χ4n) is 1.77. The molecule has 1 atom stereocenters. The number of benzene rings is 1. The van der Waals surface area contributed by atoms with E-state index >= 15 is 0 Å². The molecule has 0 radical (unpaired) electrons. The lowest BCUT2D eigenvalue weighted by molar-refractivity contribution is -0.118. The molecule has 0 spiro atoms. The maximum Gasteiger partial charge on any atom is 0.233 e. The van der Waals surface area contributed by atoms with E-state index in [-0.39, 0.29) is 18.3 Å². The molecule has 2 N–H and O–H groups in total. The Hall–Kier alpha value is -1.92. The molecule has 1 amide bonds. The van der Waals surface area contributed by atoms with E-state index in [4.69, 9.17) is 9.52 Å². The van der Waals surface area contributed by atoms with Gasteiger partial charge in [0.2, 0.25) is 5.91 Å². The Balaban J connectivity index is 1.76. The Kier molecular flexibility index (Phi) is 5.71. The summed E-state index contributed by atoms with van der Waals surface area (Å²) in [6.07, 6.45) is 1.54. The number of aliphatic hydroxyl groups excluding tert-OH is 1. The molecular formula is C15H17NO4S. The molecule has 112 valence electrons. The molecule has 0 aliphatic carbocycles. The molecule has 21 heavy (non-hydrogen) atoms. The second-order valence-corrected chi connectivity index (χ2v) is 6.02. The second kappa shape index (κ2) is 7.75. The quantitative estimate of drug-likeness (QED) is 0.809. The molecule has 1 aromatic carbocycles. The van der Waals surface area contributed by atoms with E-state index in [9.17, 15) is 9.00 Å². The number of amides is 1. The van der Waals surface area contributed by atoms with E-state index in [1.807, 2.05) is 12.1 Å². The van der Waals surface area contributed by atoms with Crippen LogP contribution in [0.25, 0.3) is 0 Å². The zero-order valence-corrected chi connectivity index (χ0v) is 12.3. The largest absolute Gasteiger partial charge is 0.467 e. The van der Waals surface area contributed by atoms with Gasteiger partial charge in [-0.1, -0.05) is 24.3 Å². The van der Waals surface area contributed by atoms with E-state index in [1.54, 1.807) is 24.3 Å². The number of rotatable bonds is 7. The van der Waals surface area contributed by atoms with Gasteiger partial charge in [0.1, 0.15) is 11.5 Å². The third-order valence-corrected chi connectivity index (χ3v) is 4.10. The zero-order valence-electron chi connectivity index (χ0n) is 11.5. The molecule has 6 heteroatoms. The van der Waals surface area contributed by atoms with Crippen LogP contribution in [-0.4, -0.2) is 21.0 Å². The first-order chi connectivity index (χ1) is 10.2. The van der Waals surface area contributed by atoms with Crippen molar-refractivity contribution in [3.63, 3.8) is 0 Å². The summed E-state index contributed by atoms with van der Waals surface area (Å²) in [5.41, 5.74) is 1.69. The van der Waals surface area contributed by atoms with Crippen molar-refractivity contribution < 1.29 is 18.5 Å². The highest BCUT2D eigenvalue weighted by Crippen LogP contribution is 2.07. The minimum atomic E-state index is -1.26. The van der Waals surface area contributed by atoms with Crippen LogP contribution in [0.4, 0.5) is 0 Å². The lowest BCUT2D eigenvalue weighted by Crippen LogP contribution is -2.28. The molecule has 2 rings (SSSR count). The minimum Gasteiger partial charge on any atom is -0.467 e. The first kappa shape index (κ1) is 15.5. The van der Waals surface area contributed by atoms with Crippen molar-refractivity contribution in [2.45, 2.75) is 18.9 Å². The molecule has 0 saturated heterocycles. The Morgan fingerprint density at radius 3 is 2.52 bits per heavy atom. The Labute approximate surface area is 125 Å². The summed E-state index contributed by atoms with van der Waals surface area (Å²) in [6, 6.07) is 10.7. The summed E-state index contributed by atoms with van der Waals surface area (Å²) in [4.78, 5) is 11.7. The fraction of sp³-hybridized carbons (Fsp3) is 0.267. The first-order valence-electron chi connectivity index (χ1n) is 6.50. The van der Waals surface area contributed by atoms with Crippen LogP contribution in [0.2, 0.25) is 0 Å². The van der Waals surface area contributed by atoms with Crippen LogP contribution in [0.15, 0.2) is 47.1 Å². The van der Waals surface area contributed by atoms with Crippen molar-refractivity contribution in [2.24, 2.45) is 0 Å². The molecule has 0 fully saturated rings. The third kappa shape index (κ3) is 5.17. The molecular weight excluding hydrogens is 290 g/mol. The average Bonchev–Trinajstić information content (AvgIpc) is 2.99. The monoisotopic (exact) mass is 307 g/mol. The molecule has 0 aliphatic heterocycles. The fourth-order valence-corrected chi connectivity index (χ4v) is 2.83. The molecule has 1 heterocycles. The van der Waals surface area contributed by atoms with Crippen molar-refractivity contribution in [1.29, 1.82) is 0 Å². The molecule has 0 saturated carbocycles. The van der Waals surface area contributed by atoms with Crippen LogP contribution in [0.3, 0.4) is 0 Å². The van der Waals surface area contributed by atoms with Crippen LogP contribution in [0, 0.1) is 0 Å². The highest BCUT2D eigenvalue weighted by atomic mass is 32.2. The summed E-state index contributed by atoms with van der Waals surface area (Å²) < 4.78 is 17.0. The van der Waals surface area contributed by atoms with Crippen LogP contribution >= 0.6 is 0 Å². The first-order valence-corrected chi connectivity index (χ1v) is 7.99. The third-order valence-electron chi connectivity index (χ3n) is 2.87. The summed E-state index contributed by atoms with van der Waals surface area (Å²) in [6.45, 7) is 0.285. The lowest BCUT2D eigenvalue weighted by Gasteiger charge is -2.05. The number of nitrogens with one attached hydrogen (secondary N) is 1. The number of carbonyl (C=O) groups is 1. The smallest absolute Gasteiger partial charge is 0.233 e. The number of carbonyl (C=O) groups excluding carboxylic acids is 1. The summed E-state index contributed by atoms with van der Waals surface area (Å²) in [5.74, 6) is 0.674. The number of hydrogen-bond acceptors (Lipinski definition) is 4. The summed E-state index contributed by atoms with van der Waals surface area (Å²) in [5, 5.41) is 11.6. The standard InChI is InChI=1S/C15H17NO4S/c17-9-12-3-5-13(6-4-12)10-21(19)11-15(18)16-8-14-2-1-7-20-14/h1-7,17H,8-11H2,(H,16,18). The SMILES string of the molecule is O=C(CS(=O)Cc1ccc(CO)cc1)NCc1ccco1. The van der Waals surface area contributed by atoms with Gasteiger partial charge in [-0.05, 0) is 23.3 Å². The van der Waals surface area contributed by atoms with Gasteiger partial charge in [0, 0.05) is 16.6 Å². The van der Waals surface area contributed by atoms with Gasteiger partial charge >= 0.3 is 0 Å². The molecule has 5 nitrogen and oxygen atoms in total. The van der Waals surface area contributed by atoms with E-state index in [0.29, 0.717) is 18.1 Å². The van der Waals surface area contributed by atoms with Gasteiger partial charge in [0.25, 0.3) is 0 Å². The predicted molar refractivity (Wildman–Crippen MR) is 79.6 cm³/mol. The van der Waals surface area contributed by atoms with Gasteiger partial charge in [-0.15, -0.1) is 0 Å². The Bertz CT molecular complexity index is 593. The van der Waals surface area contributed by atoms with Crippen molar-refractivity contribution in [1.82, 2.24) is 5.32 Å². The molecule has 1 aromatic heterocycles. The van der Waals surface area contributed by atoms with Crippen LogP contribution in [-0.2, 0) is 34.5 Å². The highest BCUT2D eigenvalue weighted by molar-refractivity contribution is 7.84. The van der Waals surface area contributed by atoms with Crippen LogP contribution < -0.4 is 5.32 Å². The van der Waals surface area contributed by atoms with Crippen LogP contribution in [0.1, 0.15) is 16.9 Å². The summed E-state index contributed by atoms with van der Waals surface area (Å²) >= 11 is 0. The number of furan rings is 1. The van der Waals surface area contributed by atoms with E-state index in [1.165, 1.54) is 6.26 Å². The maximum absolute atomic E-state index is 11.9. The molecule has 0 aliphatic rings. The minimum absolute atomic E-state index is 0.0153. The van der Waals surface area contributed by atoms with E-state index in [2.05, 4.69) is 5.32 Å².